The number of carboxylic acid groups (broad SMARTS) is 1. The molecule has 210 valence electrons. The van der Waals surface area contributed by atoms with Gasteiger partial charge in [-0.1, -0.05) is 33.8 Å². The second-order valence-corrected chi connectivity index (χ2v) is 12.6. The first-order valence-corrected chi connectivity index (χ1v) is 13.7. The van der Waals surface area contributed by atoms with E-state index in [9.17, 15) is 24.8 Å². The van der Waals surface area contributed by atoms with Crippen LogP contribution in [0.4, 0.5) is 4.39 Å². The fourth-order valence-corrected chi connectivity index (χ4v) is 8.60. The van der Waals surface area contributed by atoms with Crippen LogP contribution in [0.3, 0.4) is 0 Å². The molecule has 1 aliphatic heterocycles. The Hall–Kier alpha value is -2.72. The second kappa shape index (κ2) is 9.44. The highest BCUT2D eigenvalue weighted by molar-refractivity contribution is 6.62. The van der Waals surface area contributed by atoms with Crippen LogP contribution >= 0.6 is 0 Å². The first-order valence-electron chi connectivity index (χ1n) is 13.7. The first-order chi connectivity index (χ1) is 18.3. The number of ether oxygens (including phenoxy) is 1. The number of halogens is 1. The summed E-state index contributed by atoms with van der Waals surface area (Å²) in [5.41, 5.74) is -2.04. The van der Waals surface area contributed by atoms with Gasteiger partial charge in [-0.25, -0.2) is 9.18 Å². The molecular formula is C29H37BFNO7. The minimum atomic E-state index is -1.66. The summed E-state index contributed by atoms with van der Waals surface area (Å²) in [7, 11) is -1.66. The van der Waals surface area contributed by atoms with E-state index in [0.717, 1.165) is 12.8 Å². The molecule has 0 saturated heterocycles. The number of carboxylic acids is 1. The van der Waals surface area contributed by atoms with Crippen LogP contribution in [0, 0.1) is 45.7 Å². The van der Waals surface area contributed by atoms with Crippen LogP contribution in [-0.2, 0) is 14.3 Å². The summed E-state index contributed by atoms with van der Waals surface area (Å²) in [5.74, 6) is -3.91. The molecule has 5 rings (SSSR count). The van der Waals surface area contributed by atoms with Crippen molar-refractivity contribution in [2.24, 2.45) is 45.1 Å². The van der Waals surface area contributed by atoms with E-state index in [2.05, 4.69) is 18.7 Å². The van der Waals surface area contributed by atoms with E-state index in [0.29, 0.717) is 18.4 Å². The Balaban J connectivity index is 1.67. The van der Waals surface area contributed by atoms with Gasteiger partial charge in [0.1, 0.15) is 5.78 Å². The molecule has 10 heteroatoms. The fraction of sp³-hybridized carbons (Fsp3) is 0.621. The van der Waals surface area contributed by atoms with Gasteiger partial charge in [-0.3, -0.25) is 4.79 Å². The molecule has 8 nitrogen and oxygen atoms in total. The van der Waals surface area contributed by atoms with Gasteiger partial charge >= 0.3 is 13.1 Å². The zero-order chi connectivity index (χ0) is 28.5. The highest BCUT2D eigenvalue weighted by atomic mass is 19.1. The Morgan fingerprint density at radius 2 is 2.05 bits per heavy atom. The number of aliphatic carboxylic acids is 1. The molecule has 3 aliphatic carbocycles. The molecule has 0 amide bonds. The number of rotatable bonds is 5. The number of carbonyl (C=O) groups is 2. The van der Waals surface area contributed by atoms with E-state index in [4.69, 9.17) is 9.49 Å². The van der Waals surface area contributed by atoms with Crippen LogP contribution < -0.4 is 10.2 Å². The molecule has 3 N–H and O–H groups in total. The Kier molecular flexibility index (Phi) is 6.74. The first kappa shape index (κ1) is 27.8. The van der Waals surface area contributed by atoms with Gasteiger partial charge in [0.15, 0.2) is 17.7 Å². The van der Waals surface area contributed by atoms with E-state index in [1.165, 1.54) is 18.3 Å². The quantitative estimate of drug-likeness (QED) is 0.386. The number of oxime groups is 1. The summed E-state index contributed by atoms with van der Waals surface area (Å²) >= 11 is 0. The van der Waals surface area contributed by atoms with Gasteiger partial charge in [0, 0.05) is 34.7 Å². The summed E-state index contributed by atoms with van der Waals surface area (Å²) in [5, 5.41) is 36.0. The predicted octanol–water partition coefficient (Wildman–Crippen LogP) is 3.32. The van der Waals surface area contributed by atoms with Crippen LogP contribution in [0.5, 0.6) is 5.75 Å². The van der Waals surface area contributed by atoms with E-state index >= 15 is 4.39 Å². The Morgan fingerprint density at radius 1 is 1.33 bits per heavy atom. The van der Waals surface area contributed by atoms with E-state index in [-0.39, 0.29) is 35.3 Å². The predicted molar refractivity (Wildman–Crippen MR) is 143 cm³/mol. The third kappa shape index (κ3) is 3.89. The lowest BCUT2D eigenvalue weighted by Gasteiger charge is -2.63. The lowest BCUT2D eigenvalue weighted by molar-refractivity contribution is -0.193. The lowest BCUT2D eigenvalue weighted by Crippen LogP contribution is -2.63. The third-order valence-corrected chi connectivity index (χ3v) is 11.1. The molecule has 0 aromatic heterocycles. The molecule has 1 aromatic carbocycles. The minimum Gasteiger partial charge on any atom is -0.478 e. The Bertz CT molecular complexity index is 1240. The van der Waals surface area contributed by atoms with Crippen molar-refractivity contribution < 1.29 is 38.7 Å². The maximum Gasteiger partial charge on any atom is 0.586 e. The normalized spacial score (nSPS) is 40.0. The van der Waals surface area contributed by atoms with Gasteiger partial charge in [-0.2, -0.15) is 0 Å². The maximum absolute atomic E-state index is 15.6. The van der Waals surface area contributed by atoms with Crippen molar-refractivity contribution >= 4 is 30.5 Å². The van der Waals surface area contributed by atoms with Crippen LogP contribution in [0.2, 0.25) is 0 Å². The average molecular weight is 541 g/mol. The number of nitrogens with zero attached hydrogens (tertiary/aromatic N) is 1. The molecule has 0 radical (unpaired) electrons. The van der Waals surface area contributed by atoms with Gasteiger partial charge in [-0.05, 0) is 60.5 Å². The highest BCUT2D eigenvalue weighted by Gasteiger charge is 2.69. The van der Waals surface area contributed by atoms with Crippen molar-refractivity contribution in [3.05, 3.63) is 36.2 Å². The smallest absolute Gasteiger partial charge is 0.478 e. The average Bonchev–Trinajstić information content (AvgIpc) is 3.26. The number of Topliss-reactive ketones (excluding diaryl/α,β-unsaturated/α-hetero) is 1. The zero-order valence-corrected chi connectivity index (χ0v) is 22.9. The number of ketones is 1. The second-order valence-electron chi connectivity index (χ2n) is 12.6. The molecule has 9 atom stereocenters. The van der Waals surface area contributed by atoms with E-state index in [1.807, 2.05) is 20.8 Å². The monoisotopic (exact) mass is 541 g/mol. The molecule has 4 aliphatic rings. The SMILES string of the molecule is C=C[C@]1(C)C[C@@H](C(Oc2ccc3c(c2F)B(O)ON=C3)C(=O)O)[C@@]2(C)[C@H](C)CC[C@]3(CCC(=O)[C@H]32)[C@@H](C)[C@@H]1O. The number of aliphatic hydroxyl groups is 1. The summed E-state index contributed by atoms with van der Waals surface area (Å²) in [4.78, 5) is 26.6. The van der Waals surface area contributed by atoms with Gasteiger partial charge < -0.3 is 24.7 Å². The standard InChI is InChI=1S/C29H37BFNO7/c1-6-27(4)13-18(23(26(35)36)38-20-8-7-17-14-32-39-30(37)21(17)22(20)31)28(5)15(2)9-11-29(16(3)25(27)34)12-10-19(33)24(28)29/h6-8,14-16,18,23-25,34,37H,1,9-13H2,2-5H3,(H,35,36)/t15-,16+,18+,23?,24+,25+,27-,28-,29+/m1/s1. The number of carbonyl (C=O) groups excluding carboxylic acids is 1. The third-order valence-electron chi connectivity index (χ3n) is 11.1. The van der Waals surface area contributed by atoms with Crippen LogP contribution in [0.25, 0.3) is 0 Å². The Labute approximate surface area is 228 Å². The number of hydrogen-bond acceptors (Lipinski definition) is 7. The summed E-state index contributed by atoms with van der Waals surface area (Å²) in [6.45, 7) is 11.9. The molecule has 1 unspecified atom stereocenters. The van der Waals surface area contributed by atoms with Crippen molar-refractivity contribution in [1.82, 2.24) is 0 Å². The van der Waals surface area contributed by atoms with E-state index in [1.54, 1.807) is 6.08 Å². The molecule has 0 spiro atoms. The number of fused-ring (bicyclic) bond motifs is 1. The van der Waals surface area contributed by atoms with Gasteiger partial charge in [-0.15, -0.1) is 11.7 Å². The van der Waals surface area contributed by atoms with Gasteiger partial charge in [0.05, 0.1) is 12.3 Å². The minimum absolute atomic E-state index is 0.0237. The van der Waals surface area contributed by atoms with Gasteiger partial charge in [0.25, 0.3) is 0 Å². The van der Waals surface area contributed by atoms with Crippen molar-refractivity contribution in [3.63, 3.8) is 0 Å². The molecule has 1 heterocycles. The maximum atomic E-state index is 15.6. The molecule has 3 saturated carbocycles. The van der Waals surface area contributed by atoms with Crippen LogP contribution in [-0.4, -0.2) is 52.5 Å². The molecule has 39 heavy (non-hydrogen) atoms. The van der Waals surface area contributed by atoms with Crippen LogP contribution in [0.15, 0.2) is 29.9 Å². The largest absolute Gasteiger partial charge is 0.586 e. The Morgan fingerprint density at radius 3 is 2.72 bits per heavy atom. The van der Waals surface area contributed by atoms with Crippen molar-refractivity contribution in [3.8, 4) is 5.75 Å². The lowest BCUT2D eigenvalue weighted by atomic mass is 9.41. The molecular weight excluding hydrogens is 504 g/mol. The number of aliphatic hydroxyl groups excluding tert-OH is 1. The number of hydrogen-bond donors (Lipinski definition) is 3. The zero-order valence-electron chi connectivity index (χ0n) is 22.9. The van der Waals surface area contributed by atoms with Crippen molar-refractivity contribution in [1.29, 1.82) is 0 Å². The molecule has 2 bridgehead atoms. The summed E-state index contributed by atoms with van der Waals surface area (Å²) in [6, 6.07) is 2.80. The number of benzene rings is 1. The highest BCUT2D eigenvalue weighted by Crippen LogP contribution is 2.69. The molecule has 3 fully saturated rings. The molecule has 1 aromatic rings. The van der Waals surface area contributed by atoms with Crippen LogP contribution in [0.1, 0.15) is 65.4 Å². The summed E-state index contributed by atoms with van der Waals surface area (Å²) in [6.07, 6.45) is 3.32. The van der Waals surface area contributed by atoms with Gasteiger partial charge in [0.2, 0.25) is 0 Å². The van der Waals surface area contributed by atoms with E-state index < -0.39 is 59.2 Å². The topological polar surface area (TPSA) is 126 Å². The van der Waals surface area contributed by atoms with Crippen molar-refractivity contribution in [2.75, 3.05) is 0 Å². The fourth-order valence-electron chi connectivity index (χ4n) is 8.60. The summed E-state index contributed by atoms with van der Waals surface area (Å²) < 4.78 is 26.5. The van der Waals surface area contributed by atoms with Crippen molar-refractivity contribution in [2.45, 2.75) is 72.0 Å².